The smallest absolute Gasteiger partial charge is 0.0453 e. The van der Waals surface area contributed by atoms with Crippen LogP contribution in [0, 0.1) is 13.8 Å². The summed E-state index contributed by atoms with van der Waals surface area (Å²) < 4.78 is 0. The summed E-state index contributed by atoms with van der Waals surface area (Å²) in [6.45, 7) is 6.52. The molecule has 0 amide bonds. The number of hydrogen-bond acceptors (Lipinski definition) is 2. The van der Waals surface area contributed by atoms with Crippen LogP contribution in [0.15, 0.2) is 36.4 Å². The minimum atomic E-state index is 0.578. The molecule has 1 aromatic heterocycles. The van der Waals surface area contributed by atoms with Crippen molar-refractivity contribution >= 4 is 0 Å². The zero-order valence-electron chi connectivity index (χ0n) is 13.0. The van der Waals surface area contributed by atoms with Crippen LogP contribution < -0.4 is 5.32 Å². The number of aryl methyl sites for hydroxylation is 2. The standard InChI is InChI=1S/C19H24N2/c1-14-6-3-4-7-17(14)11-16-10-15(2)21-19(12-16)18-8-5-9-20-13-18/h3-4,6-7,10,12,18,20H,5,8-9,11,13H2,1-2H3/t18-/m1/s1. The van der Waals surface area contributed by atoms with Gasteiger partial charge >= 0.3 is 0 Å². The van der Waals surface area contributed by atoms with E-state index < -0.39 is 0 Å². The van der Waals surface area contributed by atoms with Gasteiger partial charge in [0.05, 0.1) is 0 Å². The lowest BCUT2D eigenvalue weighted by Crippen LogP contribution is -2.29. The third-order valence-corrected chi connectivity index (χ3v) is 4.40. The second-order valence-electron chi connectivity index (χ2n) is 6.19. The van der Waals surface area contributed by atoms with Gasteiger partial charge in [0, 0.05) is 23.9 Å². The quantitative estimate of drug-likeness (QED) is 0.926. The highest BCUT2D eigenvalue weighted by Gasteiger charge is 2.17. The Hall–Kier alpha value is -1.67. The molecule has 0 saturated carbocycles. The van der Waals surface area contributed by atoms with Crippen molar-refractivity contribution < 1.29 is 0 Å². The maximum atomic E-state index is 4.78. The topological polar surface area (TPSA) is 24.9 Å². The highest BCUT2D eigenvalue weighted by molar-refractivity contribution is 5.33. The predicted octanol–water partition coefficient (Wildman–Crippen LogP) is 3.76. The van der Waals surface area contributed by atoms with Crippen molar-refractivity contribution in [2.24, 2.45) is 0 Å². The minimum Gasteiger partial charge on any atom is -0.316 e. The highest BCUT2D eigenvalue weighted by Crippen LogP contribution is 2.24. The van der Waals surface area contributed by atoms with E-state index in [2.05, 4.69) is 55.6 Å². The van der Waals surface area contributed by atoms with Crippen LogP contribution >= 0.6 is 0 Å². The van der Waals surface area contributed by atoms with Crippen LogP contribution in [0.3, 0.4) is 0 Å². The molecule has 0 spiro atoms. The molecular weight excluding hydrogens is 256 g/mol. The molecule has 3 rings (SSSR count). The Morgan fingerprint density at radius 1 is 1.19 bits per heavy atom. The minimum absolute atomic E-state index is 0.578. The van der Waals surface area contributed by atoms with Crippen LogP contribution in [0.2, 0.25) is 0 Å². The van der Waals surface area contributed by atoms with Crippen molar-refractivity contribution in [3.8, 4) is 0 Å². The lowest BCUT2D eigenvalue weighted by Gasteiger charge is -2.23. The van der Waals surface area contributed by atoms with Crippen molar-refractivity contribution in [1.82, 2.24) is 10.3 Å². The normalized spacial score (nSPS) is 18.7. The van der Waals surface area contributed by atoms with Gasteiger partial charge in [-0.1, -0.05) is 24.3 Å². The Kier molecular flexibility index (Phi) is 4.35. The van der Waals surface area contributed by atoms with E-state index in [1.165, 1.54) is 35.2 Å². The molecule has 2 heteroatoms. The van der Waals surface area contributed by atoms with Crippen molar-refractivity contribution in [3.05, 3.63) is 64.5 Å². The van der Waals surface area contributed by atoms with Crippen LogP contribution in [-0.2, 0) is 6.42 Å². The molecule has 1 aliphatic heterocycles. The van der Waals surface area contributed by atoms with Gasteiger partial charge in [0.2, 0.25) is 0 Å². The fourth-order valence-corrected chi connectivity index (χ4v) is 3.21. The van der Waals surface area contributed by atoms with Crippen LogP contribution in [0.4, 0.5) is 0 Å². The van der Waals surface area contributed by atoms with Gasteiger partial charge in [-0.2, -0.15) is 0 Å². The van der Waals surface area contributed by atoms with E-state index in [-0.39, 0.29) is 0 Å². The Morgan fingerprint density at radius 2 is 2.05 bits per heavy atom. The Labute approximate surface area is 127 Å². The van der Waals surface area contributed by atoms with E-state index in [1.54, 1.807) is 0 Å². The van der Waals surface area contributed by atoms with Gasteiger partial charge in [0.25, 0.3) is 0 Å². The maximum absolute atomic E-state index is 4.78. The molecule has 2 aromatic rings. The molecule has 2 heterocycles. The summed E-state index contributed by atoms with van der Waals surface area (Å²) in [6.07, 6.45) is 3.52. The number of nitrogens with one attached hydrogen (secondary N) is 1. The summed E-state index contributed by atoms with van der Waals surface area (Å²) in [5.74, 6) is 0.578. The first-order chi connectivity index (χ1) is 10.2. The van der Waals surface area contributed by atoms with Gasteiger partial charge < -0.3 is 5.32 Å². The zero-order valence-corrected chi connectivity index (χ0v) is 13.0. The first-order valence-corrected chi connectivity index (χ1v) is 7.95. The van der Waals surface area contributed by atoms with Crippen LogP contribution in [0.1, 0.15) is 46.8 Å². The fourth-order valence-electron chi connectivity index (χ4n) is 3.21. The summed E-state index contributed by atoms with van der Waals surface area (Å²) in [4.78, 5) is 4.78. The third kappa shape index (κ3) is 3.51. The molecule has 21 heavy (non-hydrogen) atoms. The van der Waals surface area contributed by atoms with Crippen molar-refractivity contribution in [3.63, 3.8) is 0 Å². The number of nitrogens with zero attached hydrogens (tertiary/aromatic N) is 1. The molecule has 2 nitrogen and oxygen atoms in total. The van der Waals surface area contributed by atoms with E-state index in [0.29, 0.717) is 5.92 Å². The monoisotopic (exact) mass is 280 g/mol. The fraction of sp³-hybridized carbons (Fsp3) is 0.421. The first kappa shape index (κ1) is 14.3. The van der Waals surface area contributed by atoms with Gasteiger partial charge in [0.1, 0.15) is 0 Å². The second-order valence-corrected chi connectivity index (χ2v) is 6.19. The molecule has 1 fully saturated rings. The third-order valence-electron chi connectivity index (χ3n) is 4.40. The number of piperidine rings is 1. The van der Waals surface area contributed by atoms with Crippen LogP contribution in [-0.4, -0.2) is 18.1 Å². The Balaban J connectivity index is 1.85. The van der Waals surface area contributed by atoms with E-state index in [9.17, 15) is 0 Å². The van der Waals surface area contributed by atoms with Gasteiger partial charge in [-0.15, -0.1) is 0 Å². The molecular formula is C19H24N2. The molecule has 110 valence electrons. The summed E-state index contributed by atoms with van der Waals surface area (Å²) in [6, 6.07) is 13.2. The van der Waals surface area contributed by atoms with Gasteiger partial charge in [-0.3, -0.25) is 4.98 Å². The van der Waals surface area contributed by atoms with Crippen LogP contribution in [0.5, 0.6) is 0 Å². The predicted molar refractivity (Wildman–Crippen MR) is 87.8 cm³/mol. The van der Waals surface area contributed by atoms with Crippen LogP contribution in [0.25, 0.3) is 0 Å². The van der Waals surface area contributed by atoms with Gasteiger partial charge in [-0.05, 0) is 68.5 Å². The second kappa shape index (κ2) is 6.40. The highest BCUT2D eigenvalue weighted by atomic mass is 14.9. The van der Waals surface area contributed by atoms with E-state index >= 15 is 0 Å². The van der Waals surface area contributed by atoms with Crippen molar-refractivity contribution in [2.75, 3.05) is 13.1 Å². The molecule has 1 aliphatic rings. The first-order valence-electron chi connectivity index (χ1n) is 7.95. The SMILES string of the molecule is Cc1cc(Cc2ccccc2C)cc([C@@H]2CCCNC2)n1. The summed E-state index contributed by atoms with van der Waals surface area (Å²) in [5, 5.41) is 3.49. The molecule has 0 radical (unpaired) electrons. The summed E-state index contributed by atoms with van der Waals surface area (Å²) >= 11 is 0. The van der Waals surface area contributed by atoms with E-state index in [4.69, 9.17) is 4.98 Å². The molecule has 0 unspecified atom stereocenters. The number of benzene rings is 1. The Morgan fingerprint density at radius 3 is 2.81 bits per heavy atom. The zero-order chi connectivity index (χ0) is 14.7. The number of aromatic nitrogens is 1. The molecule has 0 aliphatic carbocycles. The summed E-state index contributed by atoms with van der Waals surface area (Å²) in [7, 11) is 0. The average Bonchev–Trinajstić information content (AvgIpc) is 2.50. The number of rotatable bonds is 3. The average molecular weight is 280 g/mol. The largest absolute Gasteiger partial charge is 0.316 e. The number of pyridine rings is 1. The van der Waals surface area contributed by atoms with Crippen molar-refractivity contribution in [1.29, 1.82) is 0 Å². The lowest BCUT2D eigenvalue weighted by molar-refractivity contribution is 0.454. The Bertz CT molecular complexity index is 613. The molecule has 0 bridgehead atoms. The molecule has 1 saturated heterocycles. The van der Waals surface area contributed by atoms with E-state index in [1.807, 2.05) is 0 Å². The number of hydrogen-bond donors (Lipinski definition) is 1. The molecule has 1 aromatic carbocycles. The maximum Gasteiger partial charge on any atom is 0.0453 e. The molecule has 1 atom stereocenters. The van der Waals surface area contributed by atoms with E-state index in [0.717, 1.165) is 25.2 Å². The van der Waals surface area contributed by atoms with Crippen molar-refractivity contribution in [2.45, 2.75) is 39.0 Å². The van der Waals surface area contributed by atoms with Gasteiger partial charge in [0.15, 0.2) is 0 Å². The molecule has 1 N–H and O–H groups in total. The summed E-state index contributed by atoms with van der Waals surface area (Å²) in [5.41, 5.74) is 6.58. The lowest BCUT2D eigenvalue weighted by atomic mass is 9.93. The van der Waals surface area contributed by atoms with Gasteiger partial charge in [-0.25, -0.2) is 0 Å².